The van der Waals surface area contributed by atoms with E-state index in [0.717, 1.165) is 12.0 Å². The van der Waals surface area contributed by atoms with Gasteiger partial charge in [-0.1, -0.05) is 38.1 Å². The predicted octanol–water partition coefficient (Wildman–Crippen LogP) is 2.79. The summed E-state index contributed by atoms with van der Waals surface area (Å²) in [6.07, 6.45) is 1.13. The number of rotatable bonds is 6. The van der Waals surface area contributed by atoms with Crippen LogP contribution in [0.15, 0.2) is 24.3 Å². The van der Waals surface area contributed by atoms with Crippen molar-refractivity contribution >= 4 is 5.97 Å². The fraction of sp³-hybridized carbons (Fsp3) is 0.533. The molecule has 0 saturated carbocycles. The van der Waals surface area contributed by atoms with Crippen molar-refractivity contribution < 1.29 is 9.90 Å². The van der Waals surface area contributed by atoms with Crippen LogP contribution in [0.4, 0.5) is 0 Å². The zero-order valence-electron chi connectivity index (χ0n) is 11.4. The largest absolute Gasteiger partial charge is 0.481 e. The van der Waals surface area contributed by atoms with Crippen LogP contribution in [0.2, 0.25) is 0 Å². The molecule has 0 bridgehead atoms. The lowest BCUT2D eigenvalue weighted by Crippen LogP contribution is -2.26. The molecule has 1 aromatic carbocycles. The highest BCUT2D eigenvalue weighted by molar-refractivity contribution is 5.68. The number of carbonyl (C=O) groups is 1. The zero-order valence-corrected chi connectivity index (χ0v) is 11.4. The van der Waals surface area contributed by atoms with Crippen LogP contribution in [-0.2, 0) is 11.2 Å². The average Bonchev–Trinajstić information content (AvgIpc) is 2.26. The molecule has 0 aliphatic carbocycles. The topological polar surface area (TPSA) is 63.3 Å². The van der Waals surface area contributed by atoms with Crippen LogP contribution < -0.4 is 5.73 Å². The normalized spacial score (nSPS) is 14.5. The molecule has 3 nitrogen and oxygen atoms in total. The molecule has 1 aromatic rings. The van der Waals surface area contributed by atoms with Gasteiger partial charge in [-0.3, -0.25) is 4.79 Å². The molecule has 0 saturated heterocycles. The summed E-state index contributed by atoms with van der Waals surface area (Å²) < 4.78 is 0. The Labute approximate surface area is 109 Å². The number of carboxylic acids is 1. The van der Waals surface area contributed by atoms with Gasteiger partial charge in [0.2, 0.25) is 0 Å². The van der Waals surface area contributed by atoms with Crippen molar-refractivity contribution in [2.45, 2.75) is 45.6 Å². The van der Waals surface area contributed by atoms with E-state index in [0.29, 0.717) is 5.92 Å². The smallest absolute Gasteiger partial charge is 0.304 e. The van der Waals surface area contributed by atoms with E-state index in [9.17, 15) is 4.79 Å². The Morgan fingerprint density at radius 1 is 1.22 bits per heavy atom. The van der Waals surface area contributed by atoms with Gasteiger partial charge in [-0.2, -0.15) is 0 Å². The Hall–Kier alpha value is -1.35. The molecule has 0 heterocycles. The van der Waals surface area contributed by atoms with Crippen molar-refractivity contribution in [3.63, 3.8) is 0 Å². The lowest BCUT2D eigenvalue weighted by Gasteiger charge is -2.19. The molecule has 0 aromatic heterocycles. The molecule has 2 atom stereocenters. The zero-order chi connectivity index (χ0) is 13.7. The van der Waals surface area contributed by atoms with E-state index in [1.54, 1.807) is 0 Å². The van der Waals surface area contributed by atoms with E-state index < -0.39 is 5.97 Å². The molecule has 3 N–H and O–H groups in total. The summed E-state index contributed by atoms with van der Waals surface area (Å²) in [5.74, 6) is -0.293. The van der Waals surface area contributed by atoms with Gasteiger partial charge in [0.25, 0.3) is 0 Å². The molecule has 0 radical (unpaired) electrons. The third-order valence-corrected chi connectivity index (χ3v) is 3.08. The van der Waals surface area contributed by atoms with Crippen molar-refractivity contribution in [3.05, 3.63) is 35.4 Å². The molecule has 0 aliphatic heterocycles. The number of aliphatic carboxylic acids is 1. The SMILES string of the molecule is CC(C)Cc1ccc(C(CC(=O)O)C(C)N)cc1. The first-order chi connectivity index (χ1) is 8.40. The van der Waals surface area contributed by atoms with Crippen molar-refractivity contribution in [1.29, 1.82) is 0 Å². The van der Waals surface area contributed by atoms with Crippen LogP contribution in [0, 0.1) is 5.92 Å². The molecular formula is C15H23NO2. The third-order valence-electron chi connectivity index (χ3n) is 3.08. The molecule has 0 aliphatic rings. The Balaban J connectivity index is 2.83. The minimum Gasteiger partial charge on any atom is -0.481 e. The molecule has 0 fully saturated rings. The molecular weight excluding hydrogens is 226 g/mol. The van der Waals surface area contributed by atoms with Crippen molar-refractivity contribution in [3.8, 4) is 0 Å². The number of carboxylic acid groups (broad SMARTS) is 1. The number of hydrogen-bond donors (Lipinski definition) is 2. The van der Waals surface area contributed by atoms with Gasteiger partial charge in [-0.25, -0.2) is 0 Å². The van der Waals surface area contributed by atoms with E-state index in [-0.39, 0.29) is 18.4 Å². The highest BCUT2D eigenvalue weighted by Crippen LogP contribution is 2.23. The number of benzene rings is 1. The minimum atomic E-state index is -0.802. The van der Waals surface area contributed by atoms with E-state index >= 15 is 0 Å². The van der Waals surface area contributed by atoms with E-state index in [2.05, 4.69) is 26.0 Å². The quantitative estimate of drug-likeness (QED) is 0.815. The molecule has 0 spiro atoms. The first-order valence-corrected chi connectivity index (χ1v) is 6.46. The average molecular weight is 249 g/mol. The first-order valence-electron chi connectivity index (χ1n) is 6.46. The lowest BCUT2D eigenvalue weighted by molar-refractivity contribution is -0.137. The third kappa shape index (κ3) is 4.49. The Kier molecular flexibility index (Phi) is 5.35. The molecule has 1 rings (SSSR count). The molecule has 100 valence electrons. The van der Waals surface area contributed by atoms with Gasteiger partial charge < -0.3 is 10.8 Å². The van der Waals surface area contributed by atoms with Crippen LogP contribution in [0.3, 0.4) is 0 Å². The van der Waals surface area contributed by atoms with Crippen LogP contribution in [0.5, 0.6) is 0 Å². The molecule has 18 heavy (non-hydrogen) atoms. The summed E-state index contributed by atoms with van der Waals surface area (Å²) in [4.78, 5) is 10.8. The Morgan fingerprint density at radius 3 is 2.17 bits per heavy atom. The summed E-state index contributed by atoms with van der Waals surface area (Å²) in [5, 5.41) is 8.91. The minimum absolute atomic E-state index is 0.0845. The molecule has 3 heteroatoms. The second-order valence-electron chi connectivity index (χ2n) is 5.40. The monoisotopic (exact) mass is 249 g/mol. The second-order valence-corrected chi connectivity index (χ2v) is 5.40. The summed E-state index contributed by atoms with van der Waals surface area (Å²) in [5.41, 5.74) is 8.17. The van der Waals surface area contributed by atoms with E-state index in [4.69, 9.17) is 10.8 Å². The second kappa shape index (κ2) is 6.55. The summed E-state index contributed by atoms with van der Waals surface area (Å²) >= 11 is 0. The highest BCUT2D eigenvalue weighted by atomic mass is 16.4. The van der Waals surface area contributed by atoms with Crippen molar-refractivity contribution in [2.24, 2.45) is 11.7 Å². The van der Waals surface area contributed by atoms with Gasteiger partial charge in [0, 0.05) is 12.0 Å². The maximum atomic E-state index is 10.8. The first kappa shape index (κ1) is 14.7. The van der Waals surface area contributed by atoms with Crippen molar-refractivity contribution in [2.75, 3.05) is 0 Å². The fourth-order valence-corrected chi connectivity index (χ4v) is 2.17. The van der Waals surface area contributed by atoms with E-state index in [1.807, 2.05) is 19.1 Å². The van der Waals surface area contributed by atoms with E-state index in [1.165, 1.54) is 5.56 Å². The van der Waals surface area contributed by atoms with Crippen molar-refractivity contribution in [1.82, 2.24) is 0 Å². The van der Waals surface area contributed by atoms with Crippen LogP contribution in [0.1, 0.15) is 44.2 Å². The van der Waals surface area contributed by atoms with Gasteiger partial charge in [0.05, 0.1) is 6.42 Å². The highest BCUT2D eigenvalue weighted by Gasteiger charge is 2.19. The van der Waals surface area contributed by atoms with Crippen LogP contribution in [0.25, 0.3) is 0 Å². The number of hydrogen-bond acceptors (Lipinski definition) is 2. The van der Waals surface area contributed by atoms with Gasteiger partial charge in [0.1, 0.15) is 0 Å². The summed E-state index contributed by atoms with van der Waals surface area (Å²) in [6, 6.07) is 8.01. The maximum absolute atomic E-state index is 10.8. The number of nitrogens with two attached hydrogens (primary N) is 1. The fourth-order valence-electron chi connectivity index (χ4n) is 2.17. The molecule has 2 unspecified atom stereocenters. The lowest BCUT2D eigenvalue weighted by atomic mass is 9.89. The maximum Gasteiger partial charge on any atom is 0.304 e. The Bertz CT molecular complexity index is 382. The van der Waals surface area contributed by atoms with Gasteiger partial charge in [-0.05, 0) is 30.4 Å². The van der Waals surface area contributed by atoms with Gasteiger partial charge in [0.15, 0.2) is 0 Å². The summed E-state index contributed by atoms with van der Waals surface area (Å²) in [6.45, 7) is 6.22. The summed E-state index contributed by atoms with van der Waals surface area (Å²) in [7, 11) is 0. The Morgan fingerprint density at radius 2 is 1.78 bits per heavy atom. The molecule has 0 amide bonds. The van der Waals surface area contributed by atoms with Crippen LogP contribution >= 0.6 is 0 Å². The standard InChI is InChI=1S/C15H23NO2/c1-10(2)8-12-4-6-13(7-5-12)14(11(3)16)9-15(17)18/h4-7,10-11,14H,8-9,16H2,1-3H3,(H,17,18). The van der Waals surface area contributed by atoms with Crippen LogP contribution in [-0.4, -0.2) is 17.1 Å². The van der Waals surface area contributed by atoms with Gasteiger partial charge >= 0.3 is 5.97 Å². The predicted molar refractivity (Wildman–Crippen MR) is 73.6 cm³/mol. The van der Waals surface area contributed by atoms with Gasteiger partial charge in [-0.15, -0.1) is 0 Å².